The van der Waals surface area contributed by atoms with Crippen LogP contribution in [0.25, 0.3) is 0 Å². The number of hydrogen-bond donors (Lipinski definition) is 1. The summed E-state index contributed by atoms with van der Waals surface area (Å²) in [4.78, 5) is 36.6. The normalized spacial score (nSPS) is 25.4. The highest BCUT2D eigenvalue weighted by atomic mass is 19.1. The first-order valence-corrected chi connectivity index (χ1v) is 8.08. The van der Waals surface area contributed by atoms with Gasteiger partial charge in [-0.25, -0.2) is 8.78 Å². The third kappa shape index (κ3) is 3.75. The Hall–Kier alpha value is -2.58. The third-order valence-corrected chi connectivity index (χ3v) is 4.56. The van der Waals surface area contributed by atoms with Gasteiger partial charge in [-0.15, -0.1) is 0 Å². The van der Waals surface area contributed by atoms with Crippen molar-refractivity contribution in [3.05, 3.63) is 39.9 Å². The van der Waals surface area contributed by atoms with Crippen LogP contribution in [0.3, 0.4) is 0 Å². The molecule has 0 spiro atoms. The standard InChI is InChI=1S/C16H17F2N3O4/c17-9-5-10(18)7-11(6-9)19-15(22)13-3-1-2-4-20(13)16(23)12-8-14(12)21(24)25/h5-7,12-14H,1-4,8H2,(H,19,22). The van der Waals surface area contributed by atoms with Crippen LogP contribution < -0.4 is 5.32 Å². The fourth-order valence-electron chi connectivity index (χ4n) is 3.21. The van der Waals surface area contributed by atoms with E-state index >= 15 is 0 Å². The van der Waals surface area contributed by atoms with E-state index in [9.17, 15) is 28.5 Å². The Bertz CT molecular complexity index is 707. The molecule has 2 amide bonds. The van der Waals surface area contributed by atoms with Crippen LogP contribution in [0.15, 0.2) is 18.2 Å². The summed E-state index contributed by atoms with van der Waals surface area (Å²) < 4.78 is 26.5. The molecule has 1 aliphatic heterocycles. The molecule has 2 aliphatic rings. The van der Waals surface area contributed by atoms with Crippen molar-refractivity contribution < 1.29 is 23.3 Å². The first-order chi connectivity index (χ1) is 11.9. The number of piperidine rings is 1. The highest BCUT2D eigenvalue weighted by Gasteiger charge is 2.55. The first-order valence-electron chi connectivity index (χ1n) is 8.08. The van der Waals surface area contributed by atoms with Gasteiger partial charge in [-0.05, 0) is 31.4 Å². The van der Waals surface area contributed by atoms with E-state index in [0.717, 1.165) is 18.6 Å². The molecule has 25 heavy (non-hydrogen) atoms. The molecular weight excluding hydrogens is 336 g/mol. The summed E-state index contributed by atoms with van der Waals surface area (Å²) in [6.45, 7) is 0.343. The van der Waals surface area contributed by atoms with Crippen LogP contribution in [0.2, 0.25) is 0 Å². The second-order valence-corrected chi connectivity index (χ2v) is 6.39. The summed E-state index contributed by atoms with van der Waals surface area (Å²) in [5.74, 6) is -3.27. The molecule has 7 nitrogen and oxygen atoms in total. The molecular formula is C16H17F2N3O4. The summed E-state index contributed by atoms with van der Waals surface area (Å²) in [5.41, 5.74) is -0.0323. The summed E-state index contributed by atoms with van der Waals surface area (Å²) in [6.07, 6.45) is 2.03. The van der Waals surface area contributed by atoms with Crippen molar-refractivity contribution in [3.63, 3.8) is 0 Å². The molecule has 1 aromatic rings. The number of likely N-dealkylation sites (tertiary alicyclic amines) is 1. The largest absolute Gasteiger partial charge is 0.330 e. The van der Waals surface area contributed by atoms with Gasteiger partial charge in [0.2, 0.25) is 17.9 Å². The van der Waals surface area contributed by atoms with Gasteiger partial charge in [-0.3, -0.25) is 19.7 Å². The molecule has 0 aromatic heterocycles. The van der Waals surface area contributed by atoms with Gasteiger partial charge in [-0.1, -0.05) is 0 Å². The van der Waals surface area contributed by atoms with Crippen LogP contribution in [0, 0.1) is 27.7 Å². The van der Waals surface area contributed by atoms with Gasteiger partial charge in [0, 0.05) is 29.6 Å². The lowest BCUT2D eigenvalue weighted by Crippen LogP contribution is -2.51. The second-order valence-electron chi connectivity index (χ2n) is 6.39. The quantitative estimate of drug-likeness (QED) is 0.661. The minimum atomic E-state index is -0.879. The number of hydrogen-bond acceptors (Lipinski definition) is 4. The topological polar surface area (TPSA) is 92.6 Å². The number of halogens is 2. The zero-order valence-electron chi connectivity index (χ0n) is 13.3. The smallest absolute Gasteiger partial charge is 0.247 e. The number of carbonyl (C=O) groups excluding carboxylic acids is 2. The maximum Gasteiger partial charge on any atom is 0.247 e. The van der Waals surface area contributed by atoms with E-state index in [0.29, 0.717) is 25.5 Å². The lowest BCUT2D eigenvalue weighted by Gasteiger charge is -2.34. The van der Waals surface area contributed by atoms with Crippen LogP contribution in [0.4, 0.5) is 14.5 Å². The van der Waals surface area contributed by atoms with E-state index in [2.05, 4.69) is 5.32 Å². The Kier molecular flexibility index (Phi) is 4.65. The molecule has 1 saturated carbocycles. The molecule has 2 fully saturated rings. The first kappa shape index (κ1) is 17.2. The van der Waals surface area contributed by atoms with Crippen molar-refractivity contribution in [2.24, 2.45) is 5.92 Å². The summed E-state index contributed by atoms with van der Waals surface area (Å²) in [7, 11) is 0. The lowest BCUT2D eigenvalue weighted by atomic mass is 10.0. The Morgan fingerprint density at radius 3 is 2.48 bits per heavy atom. The predicted octanol–water partition coefficient (Wildman–Crippen LogP) is 1.95. The molecule has 1 aliphatic carbocycles. The molecule has 3 atom stereocenters. The maximum atomic E-state index is 13.2. The fraction of sp³-hybridized carbons (Fsp3) is 0.500. The molecule has 1 heterocycles. The Morgan fingerprint density at radius 2 is 1.88 bits per heavy atom. The Balaban J connectivity index is 1.71. The SMILES string of the molecule is O=C(Nc1cc(F)cc(F)c1)C1CCCCN1C(=O)C1CC1[N+](=O)[O-]. The molecule has 1 aromatic carbocycles. The number of carbonyl (C=O) groups is 2. The number of amides is 2. The number of anilines is 1. The number of rotatable bonds is 4. The summed E-state index contributed by atoms with van der Waals surface area (Å²) in [5, 5.41) is 13.2. The van der Waals surface area contributed by atoms with Gasteiger partial charge < -0.3 is 10.2 Å². The lowest BCUT2D eigenvalue weighted by molar-refractivity contribution is -0.497. The predicted molar refractivity (Wildman–Crippen MR) is 83.2 cm³/mol. The summed E-state index contributed by atoms with van der Waals surface area (Å²) >= 11 is 0. The van der Waals surface area contributed by atoms with Gasteiger partial charge in [0.15, 0.2) is 0 Å². The Labute approximate surface area is 142 Å². The van der Waals surface area contributed by atoms with Crippen LogP contribution in [0.1, 0.15) is 25.7 Å². The zero-order valence-corrected chi connectivity index (χ0v) is 13.3. The van der Waals surface area contributed by atoms with Crippen LogP contribution in [-0.4, -0.2) is 40.3 Å². The van der Waals surface area contributed by atoms with Gasteiger partial charge >= 0.3 is 0 Å². The molecule has 0 bridgehead atoms. The van der Waals surface area contributed by atoms with Crippen LogP contribution >= 0.6 is 0 Å². The average molecular weight is 353 g/mol. The van der Waals surface area contributed by atoms with Gasteiger partial charge in [-0.2, -0.15) is 0 Å². The average Bonchev–Trinajstić information content (AvgIpc) is 3.34. The van der Waals surface area contributed by atoms with E-state index in [1.165, 1.54) is 4.90 Å². The van der Waals surface area contributed by atoms with Crippen LogP contribution in [0.5, 0.6) is 0 Å². The number of nitro groups is 1. The van der Waals surface area contributed by atoms with Crippen molar-refractivity contribution in [1.29, 1.82) is 0 Å². The van der Waals surface area contributed by atoms with Crippen molar-refractivity contribution in [1.82, 2.24) is 4.90 Å². The van der Waals surface area contributed by atoms with Gasteiger partial charge in [0.05, 0.1) is 0 Å². The molecule has 3 unspecified atom stereocenters. The highest BCUT2D eigenvalue weighted by Crippen LogP contribution is 2.36. The van der Waals surface area contributed by atoms with E-state index in [1.807, 2.05) is 0 Å². The van der Waals surface area contributed by atoms with Crippen molar-refractivity contribution >= 4 is 17.5 Å². The monoisotopic (exact) mass is 353 g/mol. The zero-order chi connectivity index (χ0) is 18.1. The van der Waals surface area contributed by atoms with Crippen molar-refractivity contribution in [2.75, 3.05) is 11.9 Å². The van der Waals surface area contributed by atoms with Crippen molar-refractivity contribution in [3.8, 4) is 0 Å². The number of nitrogens with one attached hydrogen (secondary N) is 1. The third-order valence-electron chi connectivity index (χ3n) is 4.56. The molecule has 9 heteroatoms. The fourth-order valence-corrected chi connectivity index (χ4v) is 3.21. The van der Waals surface area contributed by atoms with Gasteiger partial charge in [0.1, 0.15) is 23.6 Å². The number of benzene rings is 1. The minimum absolute atomic E-state index is 0.0323. The van der Waals surface area contributed by atoms with Crippen LogP contribution in [-0.2, 0) is 9.59 Å². The highest BCUT2D eigenvalue weighted by molar-refractivity contribution is 5.98. The molecule has 0 radical (unpaired) electrons. The van der Waals surface area contributed by atoms with Gasteiger partial charge in [0.25, 0.3) is 0 Å². The van der Waals surface area contributed by atoms with E-state index in [1.54, 1.807) is 0 Å². The maximum absolute atomic E-state index is 13.2. The van der Waals surface area contributed by atoms with E-state index < -0.39 is 46.4 Å². The van der Waals surface area contributed by atoms with Crippen molar-refractivity contribution in [2.45, 2.75) is 37.8 Å². The second kappa shape index (κ2) is 6.73. The Morgan fingerprint density at radius 1 is 1.20 bits per heavy atom. The van der Waals surface area contributed by atoms with E-state index in [4.69, 9.17) is 0 Å². The molecule has 1 saturated heterocycles. The molecule has 3 rings (SSSR count). The minimum Gasteiger partial charge on any atom is -0.330 e. The number of nitrogens with zero attached hydrogens (tertiary/aromatic N) is 2. The van der Waals surface area contributed by atoms with E-state index in [-0.39, 0.29) is 12.1 Å². The summed E-state index contributed by atoms with van der Waals surface area (Å²) in [6, 6.07) is 0.993. The molecule has 1 N–H and O–H groups in total. The molecule has 134 valence electrons.